The number of carbonyl (C=O) groups excluding carboxylic acids is 1. The van der Waals surface area contributed by atoms with Crippen molar-refractivity contribution in [3.8, 4) is 22.8 Å². The Hall–Kier alpha value is -3.59. The zero-order chi connectivity index (χ0) is 20.5. The summed E-state index contributed by atoms with van der Waals surface area (Å²) in [6.07, 6.45) is 3.37. The first kappa shape index (κ1) is 18.4. The van der Waals surface area contributed by atoms with Crippen LogP contribution in [0.1, 0.15) is 0 Å². The van der Waals surface area contributed by atoms with Crippen LogP contribution in [-0.4, -0.2) is 33.1 Å². The Morgan fingerprint density at radius 2 is 1.97 bits per heavy atom. The van der Waals surface area contributed by atoms with Crippen molar-refractivity contribution in [2.24, 2.45) is 0 Å². The highest BCUT2D eigenvalue weighted by atomic mass is 32.2. The molecular formula is C21H15FN4O3S. The average Bonchev–Trinajstić information content (AvgIpc) is 3.39. The normalized spacial score (nSPS) is 12.3. The molecule has 0 spiro atoms. The minimum Gasteiger partial charge on any atom is -0.454 e. The van der Waals surface area contributed by atoms with E-state index < -0.39 is 0 Å². The van der Waals surface area contributed by atoms with E-state index in [0.29, 0.717) is 27.9 Å². The highest BCUT2D eigenvalue weighted by Gasteiger charge is 2.15. The summed E-state index contributed by atoms with van der Waals surface area (Å²) in [5.74, 6) is 0.989. The van der Waals surface area contributed by atoms with E-state index in [1.807, 2.05) is 6.07 Å². The van der Waals surface area contributed by atoms with Gasteiger partial charge >= 0.3 is 0 Å². The first-order valence-electron chi connectivity index (χ1n) is 9.08. The van der Waals surface area contributed by atoms with Crippen LogP contribution >= 0.6 is 11.8 Å². The van der Waals surface area contributed by atoms with Crippen molar-refractivity contribution in [1.29, 1.82) is 0 Å². The predicted octanol–water partition coefficient (Wildman–Crippen LogP) is 3.99. The van der Waals surface area contributed by atoms with Crippen molar-refractivity contribution in [2.45, 2.75) is 5.03 Å². The lowest BCUT2D eigenvalue weighted by Crippen LogP contribution is -2.14. The molecule has 0 aliphatic carbocycles. The summed E-state index contributed by atoms with van der Waals surface area (Å²) in [5.41, 5.74) is 2.92. The number of anilines is 1. The molecule has 0 saturated carbocycles. The summed E-state index contributed by atoms with van der Waals surface area (Å²) >= 11 is 1.31. The number of rotatable bonds is 5. The SMILES string of the molecule is O=C(CSc1nccn2nc(-c3ccc(F)cc3)cc12)Nc1ccc2c(c1)OCO2. The van der Waals surface area contributed by atoms with Gasteiger partial charge in [0, 0.05) is 29.7 Å². The fourth-order valence-electron chi connectivity index (χ4n) is 3.08. The second-order valence-corrected chi connectivity index (χ2v) is 7.47. The predicted molar refractivity (Wildman–Crippen MR) is 110 cm³/mol. The Morgan fingerprint density at radius 1 is 1.13 bits per heavy atom. The molecule has 4 aromatic rings. The molecule has 0 atom stereocenters. The van der Waals surface area contributed by atoms with Crippen LogP contribution in [0.5, 0.6) is 11.5 Å². The topological polar surface area (TPSA) is 77.8 Å². The Kier molecular flexibility index (Phi) is 4.72. The summed E-state index contributed by atoms with van der Waals surface area (Å²) in [6, 6.07) is 13.3. The molecule has 1 aliphatic rings. The van der Waals surface area contributed by atoms with E-state index in [-0.39, 0.29) is 24.3 Å². The largest absolute Gasteiger partial charge is 0.454 e. The molecule has 2 aromatic heterocycles. The molecular weight excluding hydrogens is 407 g/mol. The molecule has 0 unspecified atom stereocenters. The number of nitrogens with one attached hydrogen (secondary N) is 1. The number of benzene rings is 2. The molecule has 9 heteroatoms. The van der Waals surface area contributed by atoms with Gasteiger partial charge in [0.2, 0.25) is 12.7 Å². The van der Waals surface area contributed by atoms with Gasteiger partial charge in [-0.15, -0.1) is 0 Å². The Morgan fingerprint density at radius 3 is 2.83 bits per heavy atom. The summed E-state index contributed by atoms with van der Waals surface area (Å²) < 4.78 is 25.5. The van der Waals surface area contributed by atoms with Gasteiger partial charge in [0.25, 0.3) is 0 Å². The number of amides is 1. The summed E-state index contributed by atoms with van der Waals surface area (Å²) in [5, 5.41) is 8.04. The van der Waals surface area contributed by atoms with E-state index in [2.05, 4.69) is 15.4 Å². The zero-order valence-corrected chi connectivity index (χ0v) is 16.4. The van der Waals surface area contributed by atoms with Gasteiger partial charge in [-0.2, -0.15) is 5.10 Å². The molecule has 150 valence electrons. The molecule has 3 heterocycles. The van der Waals surface area contributed by atoms with Gasteiger partial charge in [0.15, 0.2) is 11.5 Å². The average molecular weight is 422 g/mol. The van der Waals surface area contributed by atoms with Gasteiger partial charge in [-0.05, 0) is 42.5 Å². The maximum atomic E-state index is 13.2. The van der Waals surface area contributed by atoms with Gasteiger partial charge in [0.1, 0.15) is 10.8 Å². The molecule has 0 fully saturated rings. The smallest absolute Gasteiger partial charge is 0.234 e. The minimum atomic E-state index is -0.297. The lowest BCUT2D eigenvalue weighted by atomic mass is 10.1. The van der Waals surface area contributed by atoms with Crippen LogP contribution in [-0.2, 0) is 4.79 Å². The van der Waals surface area contributed by atoms with Gasteiger partial charge in [-0.25, -0.2) is 13.9 Å². The molecule has 1 amide bonds. The van der Waals surface area contributed by atoms with Gasteiger partial charge in [-0.3, -0.25) is 4.79 Å². The number of hydrogen-bond acceptors (Lipinski definition) is 6. The lowest BCUT2D eigenvalue weighted by Gasteiger charge is -2.06. The monoisotopic (exact) mass is 422 g/mol. The molecule has 0 saturated heterocycles. The molecule has 7 nitrogen and oxygen atoms in total. The summed E-state index contributed by atoms with van der Waals surface area (Å²) in [4.78, 5) is 16.8. The molecule has 0 radical (unpaired) electrons. The number of hydrogen-bond donors (Lipinski definition) is 1. The fourth-order valence-corrected chi connectivity index (χ4v) is 3.85. The minimum absolute atomic E-state index is 0.166. The van der Waals surface area contributed by atoms with E-state index in [1.165, 1.54) is 23.9 Å². The Labute approximate surface area is 174 Å². The van der Waals surface area contributed by atoms with Crippen molar-refractivity contribution in [2.75, 3.05) is 17.9 Å². The molecule has 1 N–H and O–H groups in total. The lowest BCUT2D eigenvalue weighted by molar-refractivity contribution is -0.113. The summed E-state index contributed by atoms with van der Waals surface area (Å²) in [7, 11) is 0. The van der Waals surface area contributed by atoms with Gasteiger partial charge in [0.05, 0.1) is 17.0 Å². The number of nitrogens with zero attached hydrogens (tertiary/aromatic N) is 3. The summed E-state index contributed by atoms with van der Waals surface area (Å²) in [6.45, 7) is 0.184. The van der Waals surface area contributed by atoms with Gasteiger partial charge < -0.3 is 14.8 Å². The van der Waals surface area contributed by atoms with E-state index >= 15 is 0 Å². The number of carbonyl (C=O) groups is 1. The van der Waals surface area contributed by atoms with Crippen molar-refractivity contribution in [3.05, 3.63) is 66.7 Å². The van der Waals surface area contributed by atoms with Crippen LogP contribution in [0.4, 0.5) is 10.1 Å². The second-order valence-electron chi connectivity index (χ2n) is 6.50. The zero-order valence-electron chi connectivity index (χ0n) is 15.5. The second kappa shape index (κ2) is 7.68. The first-order chi connectivity index (χ1) is 14.7. The Bertz CT molecular complexity index is 1240. The van der Waals surface area contributed by atoms with Crippen molar-refractivity contribution in [3.63, 3.8) is 0 Å². The van der Waals surface area contributed by atoms with E-state index in [1.54, 1.807) is 47.2 Å². The van der Waals surface area contributed by atoms with Crippen molar-refractivity contribution < 1.29 is 18.7 Å². The maximum Gasteiger partial charge on any atom is 0.234 e. The van der Waals surface area contributed by atoms with E-state index in [0.717, 1.165) is 11.1 Å². The van der Waals surface area contributed by atoms with Crippen LogP contribution in [0.3, 0.4) is 0 Å². The highest BCUT2D eigenvalue weighted by Crippen LogP contribution is 2.34. The van der Waals surface area contributed by atoms with Crippen LogP contribution < -0.4 is 14.8 Å². The van der Waals surface area contributed by atoms with Crippen molar-refractivity contribution in [1.82, 2.24) is 14.6 Å². The van der Waals surface area contributed by atoms with Crippen molar-refractivity contribution >= 4 is 28.9 Å². The quantitative estimate of drug-likeness (QED) is 0.490. The molecule has 0 bridgehead atoms. The molecule has 30 heavy (non-hydrogen) atoms. The number of thioether (sulfide) groups is 1. The number of aromatic nitrogens is 3. The molecule has 1 aliphatic heterocycles. The maximum absolute atomic E-state index is 13.2. The number of fused-ring (bicyclic) bond motifs is 2. The third kappa shape index (κ3) is 3.67. The van der Waals surface area contributed by atoms with Crippen LogP contribution in [0.2, 0.25) is 0 Å². The van der Waals surface area contributed by atoms with E-state index in [9.17, 15) is 9.18 Å². The standard InChI is InChI=1S/C21H15FN4O3S/c22-14-3-1-13(2-4-14)16-10-17-21(23-7-8-26(17)25-16)30-11-20(27)24-15-5-6-18-19(9-15)29-12-28-18/h1-10H,11-12H2,(H,24,27). The first-order valence-corrected chi connectivity index (χ1v) is 10.1. The highest BCUT2D eigenvalue weighted by molar-refractivity contribution is 8.00. The van der Waals surface area contributed by atoms with Crippen LogP contribution in [0.15, 0.2) is 66.0 Å². The van der Waals surface area contributed by atoms with E-state index in [4.69, 9.17) is 9.47 Å². The van der Waals surface area contributed by atoms with Crippen LogP contribution in [0.25, 0.3) is 16.8 Å². The third-order valence-electron chi connectivity index (χ3n) is 4.49. The number of halogens is 1. The van der Waals surface area contributed by atoms with Gasteiger partial charge in [-0.1, -0.05) is 11.8 Å². The molecule has 2 aromatic carbocycles. The molecule has 5 rings (SSSR count). The Balaban J connectivity index is 1.30. The number of ether oxygens (including phenoxy) is 2. The third-order valence-corrected chi connectivity index (χ3v) is 5.49. The van der Waals surface area contributed by atoms with Crippen LogP contribution in [0, 0.1) is 5.82 Å². The fraction of sp³-hybridized carbons (Fsp3) is 0.0952.